The van der Waals surface area contributed by atoms with Crippen molar-refractivity contribution in [1.29, 1.82) is 0 Å². The number of guanidine groups is 1. The Balaban J connectivity index is 2.51. The van der Waals surface area contributed by atoms with Gasteiger partial charge in [0.1, 0.15) is 0 Å². The zero-order chi connectivity index (χ0) is 17.2. The van der Waals surface area contributed by atoms with Crippen LogP contribution in [0.5, 0.6) is 0 Å². The van der Waals surface area contributed by atoms with Crippen molar-refractivity contribution in [2.45, 2.75) is 33.4 Å². The second-order valence-electron chi connectivity index (χ2n) is 5.84. The van der Waals surface area contributed by atoms with E-state index in [4.69, 9.17) is 16.3 Å². The Hall–Kier alpha value is -0.820. The third-order valence-electron chi connectivity index (χ3n) is 2.93. The lowest BCUT2D eigenvalue weighted by molar-refractivity contribution is 0.0300. The first-order valence-corrected chi connectivity index (χ1v) is 9.11. The van der Waals surface area contributed by atoms with E-state index in [1.54, 1.807) is 11.3 Å². The summed E-state index contributed by atoms with van der Waals surface area (Å²) in [6.07, 6.45) is -0.591. The van der Waals surface area contributed by atoms with Crippen LogP contribution in [0, 0.1) is 5.92 Å². The zero-order valence-electron chi connectivity index (χ0n) is 14.4. The first-order chi connectivity index (χ1) is 10.9. The molecule has 5 nitrogen and oxygen atoms in total. The Morgan fingerprint density at radius 1 is 1.43 bits per heavy atom. The van der Waals surface area contributed by atoms with Crippen LogP contribution in [0.15, 0.2) is 17.1 Å². The third kappa shape index (κ3) is 8.55. The molecule has 7 heteroatoms. The summed E-state index contributed by atoms with van der Waals surface area (Å²) in [5.41, 5.74) is 0. The molecule has 1 heterocycles. The van der Waals surface area contributed by atoms with Crippen molar-refractivity contribution in [2.75, 3.05) is 33.4 Å². The maximum Gasteiger partial charge on any atom is 0.194 e. The van der Waals surface area contributed by atoms with Crippen molar-refractivity contribution < 1.29 is 9.84 Å². The average molecular weight is 362 g/mol. The van der Waals surface area contributed by atoms with Crippen LogP contribution in [-0.2, 0) is 11.3 Å². The van der Waals surface area contributed by atoms with Gasteiger partial charge in [-0.3, -0.25) is 4.99 Å². The lowest BCUT2D eigenvalue weighted by Gasteiger charge is -2.22. The molecule has 0 radical (unpaired) electrons. The molecule has 0 aromatic carbocycles. The molecule has 0 aliphatic heterocycles. The zero-order valence-corrected chi connectivity index (χ0v) is 16.0. The van der Waals surface area contributed by atoms with Crippen molar-refractivity contribution in [3.8, 4) is 0 Å². The smallest absolute Gasteiger partial charge is 0.194 e. The summed E-state index contributed by atoms with van der Waals surface area (Å²) in [5, 5.41) is 13.2. The Morgan fingerprint density at radius 2 is 2.17 bits per heavy atom. The highest BCUT2D eigenvalue weighted by Crippen LogP contribution is 2.22. The minimum atomic E-state index is -0.591. The number of nitrogens with zero attached hydrogens (tertiary/aromatic N) is 2. The topological polar surface area (TPSA) is 57.1 Å². The van der Waals surface area contributed by atoms with Gasteiger partial charge in [0.15, 0.2) is 5.96 Å². The van der Waals surface area contributed by atoms with E-state index < -0.39 is 6.10 Å². The Bertz CT molecular complexity index is 480. The van der Waals surface area contributed by atoms with Gasteiger partial charge < -0.3 is 20.1 Å². The van der Waals surface area contributed by atoms with Gasteiger partial charge in [0.05, 0.1) is 30.1 Å². The summed E-state index contributed by atoms with van der Waals surface area (Å²) >= 11 is 7.53. The predicted molar refractivity (Wildman–Crippen MR) is 98.4 cm³/mol. The number of aliphatic hydroxyl groups excluding tert-OH is 1. The largest absolute Gasteiger partial charge is 0.389 e. The lowest BCUT2D eigenvalue weighted by atomic mass is 10.2. The van der Waals surface area contributed by atoms with Crippen molar-refractivity contribution >= 4 is 28.9 Å². The molecule has 0 bridgehead atoms. The van der Waals surface area contributed by atoms with Crippen LogP contribution in [0.2, 0.25) is 4.34 Å². The number of rotatable bonds is 9. The summed E-state index contributed by atoms with van der Waals surface area (Å²) in [6, 6.07) is 3.91. The van der Waals surface area contributed by atoms with E-state index in [1.165, 1.54) is 4.88 Å². The van der Waals surface area contributed by atoms with Gasteiger partial charge in [-0.2, -0.15) is 0 Å². The fraction of sp³-hybridized carbons (Fsp3) is 0.688. The number of ether oxygens (including phenoxy) is 1. The van der Waals surface area contributed by atoms with Gasteiger partial charge in [-0.05, 0) is 25.0 Å². The minimum Gasteiger partial charge on any atom is -0.389 e. The van der Waals surface area contributed by atoms with Crippen LogP contribution in [0.4, 0.5) is 0 Å². The summed E-state index contributed by atoms with van der Waals surface area (Å²) in [6.45, 7) is 8.96. The summed E-state index contributed by atoms with van der Waals surface area (Å²) < 4.78 is 6.23. The fourth-order valence-electron chi connectivity index (χ4n) is 1.90. The van der Waals surface area contributed by atoms with Crippen molar-refractivity contribution in [3.05, 3.63) is 21.3 Å². The van der Waals surface area contributed by atoms with Crippen molar-refractivity contribution in [3.63, 3.8) is 0 Å². The fourth-order valence-corrected chi connectivity index (χ4v) is 3.04. The summed E-state index contributed by atoms with van der Waals surface area (Å²) in [7, 11) is 1.97. The van der Waals surface area contributed by atoms with Crippen LogP contribution in [0.1, 0.15) is 25.6 Å². The number of nitrogens with one attached hydrogen (secondary N) is 1. The molecule has 0 aliphatic rings. The van der Waals surface area contributed by atoms with Crippen LogP contribution in [0.25, 0.3) is 0 Å². The molecule has 0 spiro atoms. The molecule has 132 valence electrons. The molecular formula is C16H28ClN3O2S. The monoisotopic (exact) mass is 361 g/mol. The summed E-state index contributed by atoms with van der Waals surface area (Å²) in [5.74, 6) is 1.23. The molecule has 1 atom stereocenters. The molecule has 1 aromatic rings. The molecule has 2 N–H and O–H groups in total. The Labute approximate surface area is 148 Å². The predicted octanol–water partition coefficient (Wildman–Crippen LogP) is 2.83. The molecule has 1 unspecified atom stereocenters. The standard InChI is InChI=1S/C16H28ClN3O2S/c1-5-18-16(19-8-13(21)11-22-10-12(2)3)20(4)9-14-6-7-15(17)23-14/h6-7,12-13,21H,5,8-11H2,1-4H3,(H,18,19). The quantitative estimate of drug-likeness (QED) is 0.524. The van der Waals surface area contributed by atoms with Gasteiger partial charge in [-0.15, -0.1) is 11.3 Å². The molecule has 0 saturated heterocycles. The van der Waals surface area contributed by atoms with E-state index in [0.717, 1.165) is 23.4 Å². The number of aliphatic hydroxyl groups is 1. The first-order valence-electron chi connectivity index (χ1n) is 7.91. The molecule has 0 amide bonds. The number of aliphatic imine (C=N–C) groups is 1. The second-order valence-corrected chi connectivity index (χ2v) is 7.64. The number of halogens is 1. The highest BCUT2D eigenvalue weighted by atomic mass is 35.5. The van der Waals surface area contributed by atoms with Gasteiger partial charge >= 0.3 is 0 Å². The maximum atomic E-state index is 9.96. The van der Waals surface area contributed by atoms with E-state index in [2.05, 4.69) is 24.2 Å². The minimum absolute atomic E-state index is 0.311. The highest BCUT2D eigenvalue weighted by molar-refractivity contribution is 7.16. The SMILES string of the molecule is CCNC(=NCC(O)COCC(C)C)N(C)Cc1ccc(Cl)s1. The molecule has 0 fully saturated rings. The summed E-state index contributed by atoms with van der Waals surface area (Å²) in [4.78, 5) is 7.68. The van der Waals surface area contributed by atoms with Gasteiger partial charge in [0.2, 0.25) is 0 Å². The normalized spacial score (nSPS) is 13.4. The second kappa shape index (κ2) is 10.9. The number of hydrogen-bond acceptors (Lipinski definition) is 4. The first kappa shape index (κ1) is 20.2. The van der Waals surface area contributed by atoms with Crippen LogP contribution >= 0.6 is 22.9 Å². The number of hydrogen-bond donors (Lipinski definition) is 2. The molecule has 0 aliphatic carbocycles. The average Bonchev–Trinajstić information content (AvgIpc) is 2.88. The molecule has 23 heavy (non-hydrogen) atoms. The molecule has 1 rings (SSSR count). The van der Waals surface area contributed by atoms with Crippen LogP contribution in [-0.4, -0.2) is 55.4 Å². The third-order valence-corrected chi connectivity index (χ3v) is 4.15. The molecular weight excluding hydrogens is 334 g/mol. The molecule has 1 aromatic heterocycles. The van der Waals surface area contributed by atoms with Gasteiger partial charge in [-0.25, -0.2) is 0 Å². The lowest BCUT2D eigenvalue weighted by Crippen LogP contribution is -2.39. The van der Waals surface area contributed by atoms with E-state index in [-0.39, 0.29) is 0 Å². The van der Waals surface area contributed by atoms with E-state index in [0.29, 0.717) is 25.7 Å². The van der Waals surface area contributed by atoms with Crippen molar-refractivity contribution in [1.82, 2.24) is 10.2 Å². The van der Waals surface area contributed by atoms with Crippen molar-refractivity contribution in [2.24, 2.45) is 10.9 Å². The van der Waals surface area contributed by atoms with E-state index in [1.807, 2.05) is 31.0 Å². The van der Waals surface area contributed by atoms with Crippen LogP contribution < -0.4 is 5.32 Å². The van der Waals surface area contributed by atoms with Gasteiger partial charge in [0.25, 0.3) is 0 Å². The number of thiophene rings is 1. The van der Waals surface area contributed by atoms with E-state index >= 15 is 0 Å². The van der Waals surface area contributed by atoms with Crippen LogP contribution in [0.3, 0.4) is 0 Å². The van der Waals surface area contributed by atoms with E-state index in [9.17, 15) is 5.11 Å². The van der Waals surface area contributed by atoms with Gasteiger partial charge in [-0.1, -0.05) is 25.4 Å². The van der Waals surface area contributed by atoms with Gasteiger partial charge in [0, 0.05) is 25.1 Å². The Kier molecular flexibility index (Phi) is 9.55. The Morgan fingerprint density at radius 3 is 2.74 bits per heavy atom. The highest BCUT2D eigenvalue weighted by Gasteiger charge is 2.10. The maximum absolute atomic E-state index is 9.96. The molecule has 0 saturated carbocycles.